The molecule has 152 valence electrons. The van der Waals surface area contributed by atoms with Gasteiger partial charge in [0.25, 0.3) is 0 Å². The van der Waals surface area contributed by atoms with E-state index in [0.717, 1.165) is 16.7 Å². The number of ether oxygens (including phenoxy) is 1. The first-order chi connectivity index (χ1) is 14.7. The van der Waals surface area contributed by atoms with Crippen LogP contribution in [0.4, 0.5) is 0 Å². The summed E-state index contributed by atoms with van der Waals surface area (Å²) in [5, 5.41) is 2.94. The van der Waals surface area contributed by atoms with Gasteiger partial charge >= 0.3 is 0 Å². The molecule has 0 saturated carbocycles. The molecule has 0 spiro atoms. The van der Waals surface area contributed by atoms with Crippen LogP contribution in [0.1, 0.15) is 23.1 Å². The van der Waals surface area contributed by atoms with Crippen molar-refractivity contribution in [3.05, 3.63) is 133 Å². The minimum absolute atomic E-state index is 0.219. The number of hydrogen-bond acceptors (Lipinski definition) is 2. The van der Waals surface area contributed by atoms with Crippen molar-refractivity contribution in [2.45, 2.75) is 18.1 Å². The van der Waals surface area contributed by atoms with Crippen molar-refractivity contribution >= 4 is 5.91 Å². The van der Waals surface area contributed by atoms with E-state index in [0.29, 0.717) is 13.0 Å². The van der Waals surface area contributed by atoms with E-state index in [1.165, 1.54) is 6.08 Å². The van der Waals surface area contributed by atoms with Crippen molar-refractivity contribution in [1.29, 1.82) is 0 Å². The monoisotopic (exact) mass is 397 g/mol. The van der Waals surface area contributed by atoms with Crippen LogP contribution in [0, 0.1) is 0 Å². The normalized spacial score (nSPS) is 12.0. The molecule has 0 saturated heterocycles. The maximum absolute atomic E-state index is 11.9. The van der Waals surface area contributed by atoms with E-state index in [2.05, 4.69) is 54.9 Å². The van der Waals surface area contributed by atoms with E-state index in [-0.39, 0.29) is 11.9 Å². The second-order valence-corrected chi connectivity index (χ2v) is 7.02. The van der Waals surface area contributed by atoms with Gasteiger partial charge in [-0.05, 0) is 29.2 Å². The van der Waals surface area contributed by atoms with Crippen LogP contribution in [-0.4, -0.2) is 18.6 Å². The lowest BCUT2D eigenvalue weighted by molar-refractivity contribution is -0.118. The van der Waals surface area contributed by atoms with Gasteiger partial charge in [-0.1, -0.05) is 104 Å². The van der Waals surface area contributed by atoms with Gasteiger partial charge in [-0.25, -0.2) is 0 Å². The summed E-state index contributed by atoms with van der Waals surface area (Å²) < 4.78 is 6.75. The molecule has 3 heteroatoms. The second kappa shape index (κ2) is 10.4. The molecule has 1 atom stereocenters. The zero-order valence-corrected chi connectivity index (χ0v) is 17.0. The average Bonchev–Trinajstić information content (AvgIpc) is 2.81. The molecule has 0 aliphatic carbocycles. The van der Waals surface area contributed by atoms with E-state index < -0.39 is 5.60 Å². The molecule has 0 aliphatic heterocycles. The number of benzene rings is 3. The third-order valence-corrected chi connectivity index (χ3v) is 5.02. The fourth-order valence-electron chi connectivity index (χ4n) is 3.62. The zero-order chi connectivity index (χ0) is 21.2. The van der Waals surface area contributed by atoms with Gasteiger partial charge in [0.15, 0.2) is 0 Å². The molecule has 1 N–H and O–H groups in total. The molecule has 0 bridgehead atoms. The number of carbonyl (C=O) groups is 1. The summed E-state index contributed by atoms with van der Waals surface area (Å²) in [4.78, 5) is 11.9. The van der Waals surface area contributed by atoms with Crippen LogP contribution in [0.3, 0.4) is 0 Å². The van der Waals surface area contributed by atoms with E-state index in [4.69, 9.17) is 4.74 Å². The van der Waals surface area contributed by atoms with Gasteiger partial charge in [-0.15, -0.1) is 6.58 Å². The summed E-state index contributed by atoms with van der Waals surface area (Å²) in [7, 11) is 0. The van der Waals surface area contributed by atoms with Gasteiger partial charge in [0, 0.05) is 0 Å². The highest BCUT2D eigenvalue weighted by Gasteiger charge is 2.38. The van der Waals surface area contributed by atoms with E-state index in [1.807, 2.05) is 54.6 Å². The van der Waals surface area contributed by atoms with Gasteiger partial charge in [-0.2, -0.15) is 0 Å². The van der Waals surface area contributed by atoms with Gasteiger partial charge in [0.05, 0.1) is 12.6 Å². The summed E-state index contributed by atoms with van der Waals surface area (Å²) in [6.07, 6.45) is 3.65. The Morgan fingerprint density at radius 1 is 0.833 bits per heavy atom. The Morgan fingerprint density at radius 3 is 1.63 bits per heavy atom. The van der Waals surface area contributed by atoms with Crippen LogP contribution in [-0.2, 0) is 15.1 Å². The molecule has 3 nitrogen and oxygen atoms in total. The molecule has 1 amide bonds. The number of amides is 1. The summed E-state index contributed by atoms with van der Waals surface area (Å²) in [6.45, 7) is 7.68. The summed E-state index contributed by atoms with van der Waals surface area (Å²) in [6, 6.07) is 30.3. The van der Waals surface area contributed by atoms with Crippen LogP contribution in [0.25, 0.3) is 0 Å². The topological polar surface area (TPSA) is 38.3 Å². The van der Waals surface area contributed by atoms with Crippen LogP contribution < -0.4 is 5.32 Å². The fourth-order valence-corrected chi connectivity index (χ4v) is 3.62. The van der Waals surface area contributed by atoms with Crippen molar-refractivity contribution in [1.82, 2.24) is 5.32 Å². The molecule has 3 aromatic carbocycles. The second-order valence-electron chi connectivity index (χ2n) is 7.02. The first-order valence-electron chi connectivity index (χ1n) is 10.0. The SMILES string of the molecule is C=CC[C@@H](COC(c1ccccc1)(c1ccccc1)c1ccccc1)NC(=O)C=C. The first kappa shape index (κ1) is 21.3. The molecule has 3 rings (SSSR count). The lowest BCUT2D eigenvalue weighted by atomic mass is 9.80. The minimum Gasteiger partial charge on any atom is -0.359 e. The zero-order valence-electron chi connectivity index (χ0n) is 17.0. The van der Waals surface area contributed by atoms with Crippen LogP contribution >= 0.6 is 0 Å². The number of hydrogen-bond donors (Lipinski definition) is 1. The quantitative estimate of drug-likeness (QED) is 0.289. The lowest BCUT2D eigenvalue weighted by Gasteiger charge is -2.37. The van der Waals surface area contributed by atoms with Gasteiger partial charge in [0.2, 0.25) is 5.91 Å². The van der Waals surface area contributed by atoms with Crippen molar-refractivity contribution < 1.29 is 9.53 Å². The third kappa shape index (κ3) is 4.76. The highest BCUT2D eigenvalue weighted by atomic mass is 16.5. The van der Waals surface area contributed by atoms with Crippen LogP contribution in [0.2, 0.25) is 0 Å². The van der Waals surface area contributed by atoms with Crippen molar-refractivity contribution in [2.75, 3.05) is 6.61 Å². The molecule has 30 heavy (non-hydrogen) atoms. The predicted molar refractivity (Wildman–Crippen MR) is 122 cm³/mol. The highest BCUT2D eigenvalue weighted by Crippen LogP contribution is 2.40. The first-order valence-corrected chi connectivity index (χ1v) is 10.0. The van der Waals surface area contributed by atoms with E-state index in [1.54, 1.807) is 6.08 Å². The Labute approximate surface area is 178 Å². The Bertz CT molecular complexity index is 855. The number of nitrogens with one attached hydrogen (secondary N) is 1. The van der Waals surface area contributed by atoms with Gasteiger partial charge < -0.3 is 10.1 Å². The smallest absolute Gasteiger partial charge is 0.243 e. The molecule has 0 aromatic heterocycles. The summed E-state index contributed by atoms with van der Waals surface area (Å²) in [5.74, 6) is -0.227. The van der Waals surface area contributed by atoms with Crippen molar-refractivity contribution in [2.24, 2.45) is 0 Å². The lowest BCUT2D eigenvalue weighted by Crippen LogP contribution is -2.41. The largest absolute Gasteiger partial charge is 0.359 e. The predicted octanol–water partition coefficient (Wildman–Crippen LogP) is 5.24. The Balaban J connectivity index is 2.10. The minimum atomic E-state index is -0.817. The summed E-state index contributed by atoms with van der Waals surface area (Å²) in [5.41, 5.74) is 2.25. The molecule has 0 unspecified atom stereocenters. The standard InChI is InChI=1S/C27H27NO2/c1-3-14-25(28-26(29)4-2)21-30-27(22-15-8-5-9-16-22,23-17-10-6-11-18-23)24-19-12-7-13-20-24/h3-13,15-20,25H,1-2,14,21H2,(H,28,29)/t25-/m0/s1. The summed E-state index contributed by atoms with van der Waals surface area (Å²) >= 11 is 0. The van der Waals surface area contributed by atoms with Crippen molar-refractivity contribution in [3.63, 3.8) is 0 Å². The average molecular weight is 398 g/mol. The van der Waals surface area contributed by atoms with E-state index >= 15 is 0 Å². The molecular formula is C27H27NO2. The molecule has 3 aromatic rings. The molecule has 0 aliphatic rings. The Morgan fingerprint density at radius 2 is 1.27 bits per heavy atom. The highest BCUT2D eigenvalue weighted by molar-refractivity contribution is 5.87. The number of rotatable bonds is 10. The fraction of sp³-hybridized carbons (Fsp3) is 0.148. The van der Waals surface area contributed by atoms with Crippen molar-refractivity contribution in [3.8, 4) is 0 Å². The van der Waals surface area contributed by atoms with Gasteiger partial charge in [0.1, 0.15) is 5.60 Å². The molecule has 0 heterocycles. The number of carbonyl (C=O) groups excluding carboxylic acids is 1. The molecule has 0 fully saturated rings. The third-order valence-electron chi connectivity index (χ3n) is 5.02. The van der Waals surface area contributed by atoms with Crippen LogP contribution in [0.5, 0.6) is 0 Å². The Hall–Kier alpha value is -3.43. The Kier molecular flexibility index (Phi) is 7.36. The van der Waals surface area contributed by atoms with Gasteiger partial charge in [-0.3, -0.25) is 4.79 Å². The van der Waals surface area contributed by atoms with Crippen LogP contribution in [0.15, 0.2) is 116 Å². The maximum Gasteiger partial charge on any atom is 0.243 e. The molecule has 0 radical (unpaired) electrons. The maximum atomic E-state index is 11.9. The van der Waals surface area contributed by atoms with E-state index in [9.17, 15) is 4.79 Å². The molecular weight excluding hydrogens is 370 g/mol.